The number of fused-ring (bicyclic) bond motifs is 3. The maximum absolute atomic E-state index is 12.9. The molecule has 3 aromatic rings. The predicted octanol–water partition coefficient (Wildman–Crippen LogP) is 2.85. The molecule has 6 heteroatoms. The summed E-state index contributed by atoms with van der Waals surface area (Å²) in [5.41, 5.74) is 3.27. The summed E-state index contributed by atoms with van der Waals surface area (Å²) < 4.78 is 12.9. The summed E-state index contributed by atoms with van der Waals surface area (Å²) in [6.07, 6.45) is 0. The van der Waals surface area contributed by atoms with Crippen LogP contribution < -0.4 is 9.64 Å². The topological polar surface area (TPSA) is 56.6 Å². The highest BCUT2D eigenvalue weighted by molar-refractivity contribution is 6.08. The third kappa shape index (κ3) is 2.64. The van der Waals surface area contributed by atoms with E-state index >= 15 is 0 Å². The number of hydrogen-bond acceptors (Lipinski definition) is 4. The molecule has 1 aliphatic heterocycles. The van der Waals surface area contributed by atoms with Gasteiger partial charge in [0.15, 0.2) is 0 Å². The molecule has 1 aliphatic rings. The van der Waals surface area contributed by atoms with E-state index in [2.05, 4.69) is 9.55 Å². The molecule has 1 aromatic heterocycles. The average molecular weight is 337 g/mol. The van der Waals surface area contributed by atoms with Crippen molar-refractivity contribution in [1.29, 1.82) is 0 Å². The van der Waals surface area contributed by atoms with Crippen LogP contribution >= 0.6 is 0 Å². The fourth-order valence-corrected chi connectivity index (χ4v) is 3.17. The van der Waals surface area contributed by atoms with E-state index in [1.165, 1.54) is 0 Å². The Morgan fingerprint density at radius 1 is 1.28 bits per heavy atom. The Hall–Kier alpha value is -2.86. The molecule has 1 amide bonds. The Kier molecular flexibility index (Phi) is 3.89. The first-order valence-corrected chi connectivity index (χ1v) is 8.17. The molecule has 25 heavy (non-hydrogen) atoms. The van der Waals surface area contributed by atoms with Gasteiger partial charge in [-0.2, -0.15) is 0 Å². The average Bonchev–Trinajstić information content (AvgIpc) is 3.04. The molecule has 0 atom stereocenters. The van der Waals surface area contributed by atoms with Crippen LogP contribution in [0, 0.1) is 0 Å². The minimum absolute atomic E-state index is 0.121. The predicted molar refractivity (Wildman–Crippen MR) is 95.1 cm³/mol. The minimum Gasteiger partial charge on any atom is -0.496 e. The van der Waals surface area contributed by atoms with Crippen LogP contribution in [0.1, 0.15) is 16.2 Å². The molecular formula is C19H19N3O3. The Morgan fingerprint density at radius 2 is 2.12 bits per heavy atom. The highest BCUT2D eigenvalue weighted by Crippen LogP contribution is 2.26. The molecular weight excluding hydrogens is 318 g/mol. The van der Waals surface area contributed by atoms with Crippen molar-refractivity contribution in [1.82, 2.24) is 9.55 Å². The van der Waals surface area contributed by atoms with Crippen LogP contribution in [-0.2, 0) is 17.9 Å². The van der Waals surface area contributed by atoms with E-state index in [9.17, 15) is 4.79 Å². The van der Waals surface area contributed by atoms with Crippen molar-refractivity contribution in [3.05, 3.63) is 53.9 Å². The lowest BCUT2D eigenvalue weighted by Crippen LogP contribution is -2.26. The number of rotatable bonds is 3. The zero-order valence-electron chi connectivity index (χ0n) is 14.2. The van der Waals surface area contributed by atoms with Gasteiger partial charge < -0.3 is 18.9 Å². The van der Waals surface area contributed by atoms with Crippen LogP contribution in [0.15, 0.2) is 42.5 Å². The fourth-order valence-electron chi connectivity index (χ4n) is 3.17. The van der Waals surface area contributed by atoms with Crippen LogP contribution in [-0.4, -0.2) is 36.2 Å². The molecule has 0 spiro atoms. The van der Waals surface area contributed by atoms with Crippen LogP contribution in [0.5, 0.6) is 5.75 Å². The number of para-hydroxylation sites is 1. The molecule has 0 aliphatic carbocycles. The first-order valence-electron chi connectivity index (χ1n) is 8.17. The van der Waals surface area contributed by atoms with Crippen LogP contribution in [0.4, 0.5) is 5.69 Å². The van der Waals surface area contributed by atoms with Crippen molar-refractivity contribution < 1.29 is 14.3 Å². The lowest BCUT2D eigenvalue weighted by Gasteiger charge is -2.19. The third-order valence-electron chi connectivity index (χ3n) is 4.53. The van der Waals surface area contributed by atoms with Gasteiger partial charge in [-0.1, -0.05) is 12.1 Å². The van der Waals surface area contributed by atoms with Crippen molar-refractivity contribution in [2.75, 3.05) is 25.7 Å². The van der Waals surface area contributed by atoms with Gasteiger partial charge in [0.05, 0.1) is 30.3 Å². The van der Waals surface area contributed by atoms with E-state index in [-0.39, 0.29) is 5.91 Å². The highest BCUT2D eigenvalue weighted by atomic mass is 16.5. The molecule has 0 saturated carbocycles. The summed E-state index contributed by atoms with van der Waals surface area (Å²) in [6.45, 7) is 2.04. The quantitative estimate of drug-likeness (QED) is 0.737. The van der Waals surface area contributed by atoms with Gasteiger partial charge in [0.25, 0.3) is 5.91 Å². The monoisotopic (exact) mass is 337 g/mol. The van der Waals surface area contributed by atoms with Crippen molar-refractivity contribution in [2.24, 2.45) is 0 Å². The van der Waals surface area contributed by atoms with Crippen LogP contribution in [0.2, 0.25) is 0 Å². The van der Waals surface area contributed by atoms with Gasteiger partial charge in [-0.05, 0) is 30.3 Å². The van der Waals surface area contributed by atoms with Gasteiger partial charge in [-0.15, -0.1) is 0 Å². The summed E-state index contributed by atoms with van der Waals surface area (Å²) in [6, 6.07) is 13.1. The molecule has 0 bridgehead atoms. The van der Waals surface area contributed by atoms with Gasteiger partial charge in [0.2, 0.25) is 0 Å². The standard InChI is InChI=1S/C19H19N3O3/c1-21(19(23)14-5-3-4-6-17(14)24-2)13-7-8-16-15(11-13)20-18-12-25-10-9-22(16)18/h3-8,11H,9-10,12H2,1-2H3. The zero-order valence-corrected chi connectivity index (χ0v) is 14.2. The van der Waals surface area contributed by atoms with Crippen molar-refractivity contribution in [2.45, 2.75) is 13.2 Å². The van der Waals surface area contributed by atoms with Crippen LogP contribution in [0.25, 0.3) is 11.0 Å². The maximum atomic E-state index is 12.9. The Bertz CT molecular complexity index is 948. The molecule has 0 N–H and O–H groups in total. The Balaban J connectivity index is 1.70. The number of benzene rings is 2. The molecule has 128 valence electrons. The van der Waals surface area contributed by atoms with E-state index < -0.39 is 0 Å². The number of amides is 1. The van der Waals surface area contributed by atoms with Gasteiger partial charge in [-0.3, -0.25) is 4.79 Å². The number of carbonyl (C=O) groups excluding carboxylic acids is 1. The third-order valence-corrected chi connectivity index (χ3v) is 4.53. The van der Waals surface area contributed by atoms with E-state index in [4.69, 9.17) is 9.47 Å². The molecule has 0 fully saturated rings. The fraction of sp³-hybridized carbons (Fsp3) is 0.263. The second-order valence-corrected chi connectivity index (χ2v) is 5.97. The SMILES string of the molecule is COc1ccccc1C(=O)N(C)c1ccc2c(c1)nc1n2CCOC1. The van der Waals surface area contributed by atoms with Crippen molar-refractivity contribution in [3.8, 4) is 5.75 Å². The first kappa shape index (κ1) is 15.7. The van der Waals surface area contributed by atoms with Gasteiger partial charge in [0.1, 0.15) is 18.2 Å². The zero-order chi connectivity index (χ0) is 17.4. The van der Waals surface area contributed by atoms with Gasteiger partial charge >= 0.3 is 0 Å². The van der Waals surface area contributed by atoms with Crippen molar-refractivity contribution in [3.63, 3.8) is 0 Å². The minimum atomic E-state index is -0.121. The second kappa shape index (κ2) is 6.22. The maximum Gasteiger partial charge on any atom is 0.261 e. The number of imidazole rings is 1. The summed E-state index contributed by atoms with van der Waals surface area (Å²) >= 11 is 0. The first-order chi connectivity index (χ1) is 12.2. The number of nitrogens with zero attached hydrogens (tertiary/aromatic N) is 3. The summed E-state index contributed by atoms with van der Waals surface area (Å²) in [5, 5.41) is 0. The smallest absolute Gasteiger partial charge is 0.261 e. The van der Waals surface area contributed by atoms with E-state index in [0.717, 1.165) is 29.1 Å². The number of carbonyl (C=O) groups is 1. The summed E-state index contributed by atoms with van der Waals surface area (Å²) in [5.74, 6) is 1.37. The Labute approximate surface area is 145 Å². The molecule has 6 nitrogen and oxygen atoms in total. The molecule has 0 unspecified atom stereocenters. The Morgan fingerprint density at radius 3 is 2.96 bits per heavy atom. The largest absolute Gasteiger partial charge is 0.496 e. The molecule has 2 aromatic carbocycles. The number of aromatic nitrogens is 2. The number of methoxy groups -OCH3 is 1. The highest BCUT2D eigenvalue weighted by Gasteiger charge is 2.20. The normalized spacial score (nSPS) is 13.5. The molecule has 2 heterocycles. The van der Waals surface area contributed by atoms with Gasteiger partial charge in [-0.25, -0.2) is 4.98 Å². The molecule has 4 rings (SSSR count). The number of ether oxygens (including phenoxy) is 2. The summed E-state index contributed by atoms with van der Waals surface area (Å²) in [7, 11) is 3.32. The van der Waals surface area contributed by atoms with Crippen molar-refractivity contribution >= 4 is 22.6 Å². The summed E-state index contributed by atoms with van der Waals surface area (Å²) in [4.78, 5) is 19.1. The van der Waals surface area contributed by atoms with E-state index in [0.29, 0.717) is 24.5 Å². The molecule has 0 radical (unpaired) electrons. The van der Waals surface area contributed by atoms with Crippen LogP contribution in [0.3, 0.4) is 0 Å². The van der Waals surface area contributed by atoms with Gasteiger partial charge in [0, 0.05) is 19.3 Å². The number of anilines is 1. The lowest BCUT2D eigenvalue weighted by atomic mass is 10.1. The van der Waals surface area contributed by atoms with E-state index in [1.54, 1.807) is 31.2 Å². The number of hydrogen-bond donors (Lipinski definition) is 0. The molecule has 0 saturated heterocycles. The second-order valence-electron chi connectivity index (χ2n) is 5.97. The van der Waals surface area contributed by atoms with E-state index in [1.807, 2.05) is 30.3 Å². The lowest BCUT2D eigenvalue weighted by molar-refractivity contribution is 0.0830.